The number of likely N-dealkylation sites (N-methyl/N-ethyl adjacent to an activating group) is 1. The van der Waals surface area contributed by atoms with Crippen molar-refractivity contribution in [1.82, 2.24) is 0 Å². The lowest BCUT2D eigenvalue weighted by atomic mass is 10.1. The molecule has 0 aliphatic carbocycles. The molecule has 0 bridgehead atoms. The van der Waals surface area contributed by atoms with Crippen molar-refractivity contribution in [1.29, 1.82) is 0 Å². The third kappa shape index (κ3) is 2.06. The highest BCUT2D eigenvalue weighted by atomic mass is 35.5. The van der Waals surface area contributed by atoms with Gasteiger partial charge in [0.1, 0.15) is 6.04 Å². The predicted octanol–water partition coefficient (Wildman–Crippen LogP) is 1.91. The Morgan fingerprint density at radius 2 is 2.25 bits per heavy atom. The highest BCUT2D eigenvalue weighted by Gasteiger charge is 2.32. The molecule has 6 heteroatoms. The van der Waals surface area contributed by atoms with Crippen molar-refractivity contribution in [3.8, 4) is 0 Å². The minimum Gasteiger partial charge on any atom is -0.376 e. The fourth-order valence-corrected chi connectivity index (χ4v) is 3.28. The van der Waals surface area contributed by atoms with Crippen LogP contribution in [0.4, 0.5) is 11.4 Å². The summed E-state index contributed by atoms with van der Waals surface area (Å²) in [7, 11) is 2.00. The van der Waals surface area contributed by atoms with Crippen LogP contribution < -0.4 is 16.0 Å². The van der Waals surface area contributed by atoms with Gasteiger partial charge in [0, 0.05) is 24.9 Å². The van der Waals surface area contributed by atoms with Crippen LogP contribution in [-0.2, 0) is 9.53 Å². The summed E-state index contributed by atoms with van der Waals surface area (Å²) in [5.74, 6) is -0.187. The molecule has 3 rings (SSSR count). The third-order valence-electron chi connectivity index (χ3n) is 4.21. The Balaban J connectivity index is 1.95. The number of hydrogen-bond donors (Lipinski definition) is 2. The number of nitrogens with one attached hydrogen (secondary N) is 1. The number of hydrogen-bond acceptors (Lipinski definition) is 4. The molecule has 0 saturated carbocycles. The number of nitrogens with two attached hydrogens (primary N) is 1. The maximum atomic E-state index is 11.6. The first kappa shape index (κ1) is 13.7. The van der Waals surface area contributed by atoms with E-state index in [4.69, 9.17) is 22.1 Å². The van der Waals surface area contributed by atoms with Crippen molar-refractivity contribution < 1.29 is 9.53 Å². The smallest absolute Gasteiger partial charge is 0.245 e. The number of ether oxygens (including phenoxy) is 1. The molecule has 1 aromatic carbocycles. The minimum absolute atomic E-state index is 0.168. The number of halogens is 1. The largest absolute Gasteiger partial charge is 0.376 e. The van der Waals surface area contributed by atoms with Gasteiger partial charge in [-0.3, -0.25) is 4.79 Å². The van der Waals surface area contributed by atoms with Crippen LogP contribution in [0.25, 0.3) is 0 Å². The molecule has 5 nitrogen and oxygen atoms in total. The first-order valence-electron chi connectivity index (χ1n) is 6.73. The number of fused-ring (bicyclic) bond motifs is 1. The number of benzene rings is 1. The molecule has 0 spiro atoms. The zero-order valence-electron chi connectivity index (χ0n) is 11.5. The number of amides is 1. The molecule has 3 N–H and O–H groups in total. The van der Waals surface area contributed by atoms with Gasteiger partial charge in [0.05, 0.1) is 22.9 Å². The van der Waals surface area contributed by atoms with E-state index in [2.05, 4.69) is 17.1 Å². The molecule has 1 saturated heterocycles. The Labute approximate surface area is 123 Å². The lowest BCUT2D eigenvalue weighted by molar-refractivity contribution is -0.116. The van der Waals surface area contributed by atoms with E-state index in [1.165, 1.54) is 0 Å². The Morgan fingerprint density at radius 1 is 1.50 bits per heavy atom. The molecule has 2 aliphatic rings. The summed E-state index contributed by atoms with van der Waals surface area (Å²) >= 11 is 6.36. The molecular weight excluding hydrogens is 278 g/mol. The summed E-state index contributed by atoms with van der Waals surface area (Å²) in [5, 5.41) is 3.40. The third-order valence-corrected chi connectivity index (χ3v) is 4.51. The maximum absolute atomic E-state index is 11.6. The fourth-order valence-electron chi connectivity index (χ4n) is 2.97. The van der Waals surface area contributed by atoms with E-state index in [9.17, 15) is 4.79 Å². The Morgan fingerprint density at radius 3 is 2.90 bits per heavy atom. The van der Waals surface area contributed by atoms with Gasteiger partial charge in [-0.25, -0.2) is 0 Å². The molecular formula is C14H18ClN3O2. The SMILES string of the molecule is CC1OCCC1N(C)c1cc2c(cc1Cl)C(N)C(=O)N2. The van der Waals surface area contributed by atoms with Crippen LogP contribution in [0.2, 0.25) is 5.02 Å². The second kappa shape index (κ2) is 4.91. The lowest BCUT2D eigenvalue weighted by Crippen LogP contribution is -2.36. The van der Waals surface area contributed by atoms with Crippen LogP contribution in [0, 0.1) is 0 Å². The van der Waals surface area contributed by atoms with E-state index in [0.29, 0.717) is 5.02 Å². The molecule has 1 aromatic rings. The Bertz CT molecular complexity index is 564. The number of rotatable bonds is 2. The molecule has 3 atom stereocenters. The van der Waals surface area contributed by atoms with Crippen molar-refractivity contribution in [2.75, 3.05) is 23.9 Å². The normalized spacial score (nSPS) is 28.4. The standard InChI is InChI=1S/C14H18ClN3O2/c1-7-11(3-4-20-7)18(2)12-6-10-8(5-9(12)15)13(16)14(19)17-10/h5-7,11,13H,3-4,16H2,1-2H3,(H,17,19). The predicted molar refractivity (Wildman–Crippen MR) is 79.2 cm³/mol. The van der Waals surface area contributed by atoms with Crippen LogP contribution in [0.1, 0.15) is 24.9 Å². The van der Waals surface area contributed by atoms with Gasteiger partial charge in [0.15, 0.2) is 0 Å². The van der Waals surface area contributed by atoms with E-state index in [0.717, 1.165) is 30.0 Å². The molecule has 0 radical (unpaired) electrons. The van der Waals surface area contributed by atoms with Crippen LogP contribution in [0.3, 0.4) is 0 Å². The summed E-state index contributed by atoms with van der Waals surface area (Å²) in [6.45, 7) is 2.83. The lowest BCUT2D eigenvalue weighted by Gasteiger charge is -2.30. The van der Waals surface area contributed by atoms with Gasteiger partial charge in [-0.2, -0.15) is 0 Å². The summed E-state index contributed by atoms with van der Waals surface area (Å²) in [5.41, 5.74) is 8.22. The Hall–Kier alpha value is -1.30. The fraction of sp³-hybridized carbons (Fsp3) is 0.500. The first-order chi connectivity index (χ1) is 9.49. The van der Waals surface area contributed by atoms with Crippen molar-refractivity contribution in [3.05, 3.63) is 22.7 Å². The summed E-state index contributed by atoms with van der Waals surface area (Å²) in [6.07, 6.45) is 1.14. The van der Waals surface area contributed by atoms with Gasteiger partial charge in [-0.05, 0) is 25.5 Å². The molecule has 0 aromatic heterocycles. The van der Waals surface area contributed by atoms with Crippen LogP contribution in [-0.4, -0.2) is 31.7 Å². The summed E-state index contributed by atoms with van der Waals surface area (Å²) in [6, 6.07) is 3.34. The van der Waals surface area contributed by atoms with E-state index in [1.54, 1.807) is 6.07 Å². The monoisotopic (exact) mass is 295 g/mol. The Kier molecular flexibility index (Phi) is 3.36. The van der Waals surface area contributed by atoms with Crippen LogP contribution in [0.15, 0.2) is 12.1 Å². The molecule has 20 heavy (non-hydrogen) atoms. The van der Waals surface area contributed by atoms with Gasteiger partial charge in [0.25, 0.3) is 0 Å². The van der Waals surface area contributed by atoms with Crippen molar-refractivity contribution in [2.24, 2.45) is 5.73 Å². The first-order valence-corrected chi connectivity index (χ1v) is 7.11. The second-order valence-electron chi connectivity index (χ2n) is 5.40. The molecule has 1 fully saturated rings. The average Bonchev–Trinajstić information content (AvgIpc) is 2.94. The van der Waals surface area contributed by atoms with E-state index >= 15 is 0 Å². The van der Waals surface area contributed by atoms with E-state index < -0.39 is 6.04 Å². The van der Waals surface area contributed by atoms with Crippen LogP contribution >= 0.6 is 11.6 Å². The van der Waals surface area contributed by atoms with E-state index in [1.807, 2.05) is 13.1 Å². The second-order valence-corrected chi connectivity index (χ2v) is 5.81. The molecule has 2 heterocycles. The zero-order chi connectivity index (χ0) is 14.4. The quantitative estimate of drug-likeness (QED) is 0.874. The van der Waals surface area contributed by atoms with Gasteiger partial charge in [-0.1, -0.05) is 11.6 Å². The number of carbonyl (C=O) groups excluding carboxylic acids is 1. The summed E-state index contributed by atoms with van der Waals surface area (Å²) in [4.78, 5) is 13.7. The maximum Gasteiger partial charge on any atom is 0.245 e. The number of carbonyl (C=O) groups is 1. The van der Waals surface area contributed by atoms with Crippen molar-refractivity contribution in [3.63, 3.8) is 0 Å². The molecule has 1 amide bonds. The molecule has 2 aliphatic heterocycles. The highest BCUT2D eigenvalue weighted by Crippen LogP contribution is 2.39. The van der Waals surface area contributed by atoms with Gasteiger partial charge in [0.2, 0.25) is 5.91 Å². The summed E-state index contributed by atoms with van der Waals surface area (Å²) < 4.78 is 5.60. The van der Waals surface area contributed by atoms with Gasteiger partial charge < -0.3 is 20.7 Å². The molecule has 3 unspecified atom stereocenters. The molecule has 108 valence electrons. The van der Waals surface area contributed by atoms with E-state index in [-0.39, 0.29) is 18.1 Å². The van der Waals surface area contributed by atoms with Crippen LogP contribution in [0.5, 0.6) is 0 Å². The highest BCUT2D eigenvalue weighted by molar-refractivity contribution is 6.33. The van der Waals surface area contributed by atoms with Gasteiger partial charge >= 0.3 is 0 Å². The zero-order valence-corrected chi connectivity index (χ0v) is 12.3. The van der Waals surface area contributed by atoms with Crippen molar-refractivity contribution >= 4 is 28.9 Å². The minimum atomic E-state index is -0.629. The number of nitrogens with zero attached hydrogens (tertiary/aromatic N) is 1. The number of anilines is 2. The topological polar surface area (TPSA) is 67.6 Å². The van der Waals surface area contributed by atoms with Gasteiger partial charge in [-0.15, -0.1) is 0 Å². The van der Waals surface area contributed by atoms with Crippen molar-refractivity contribution in [2.45, 2.75) is 31.5 Å². The average molecular weight is 296 g/mol.